The van der Waals surface area contributed by atoms with Crippen molar-refractivity contribution in [2.24, 2.45) is 0 Å². The summed E-state index contributed by atoms with van der Waals surface area (Å²) in [4.78, 5) is 15.0. The van der Waals surface area contributed by atoms with Crippen LogP contribution in [0, 0.1) is 0 Å². The molecule has 1 heterocycles. The first-order chi connectivity index (χ1) is 14.6. The summed E-state index contributed by atoms with van der Waals surface area (Å²) in [5.74, 6) is 1.54. The average Bonchev–Trinajstić information content (AvgIpc) is 3.23. The number of ether oxygens (including phenoxy) is 3. The minimum Gasteiger partial charge on any atom is -0.493 e. The van der Waals surface area contributed by atoms with E-state index in [2.05, 4.69) is 40.5 Å². The van der Waals surface area contributed by atoms with Crippen LogP contribution in [0.4, 0.5) is 5.69 Å². The van der Waals surface area contributed by atoms with Crippen LogP contribution in [0.5, 0.6) is 17.2 Å². The molecule has 0 bridgehead atoms. The second-order valence-electron chi connectivity index (χ2n) is 7.57. The van der Waals surface area contributed by atoms with E-state index in [4.69, 9.17) is 14.2 Å². The Bertz CT molecular complexity index is 800. The largest absolute Gasteiger partial charge is 0.493 e. The lowest BCUT2D eigenvalue weighted by Crippen LogP contribution is -2.32. The molecule has 0 saturated carbocycles. The van der Waals surface area contributed by atoms with Crippen LogP contribution < -0.4 is 19.5 Å². The Kier molecular flexibility index (Phi) is 7.97. The van der Waals surface area contributed by atoms with Gasteiger partial charge in [0.1, 0.15) is 0 Å². The van der Waals surface area contributed by atoms with Gasteiger partial charge in [0.2, 0.25) is 11.7 Å². The molecule has 1 unspecified atom stereocenters. The van der Waals surface area contributed by atoms with E-state index in [0.717, 1.165) is 25.9 Å². The first-order valence-corrected chi connectivity index (χ1v) is 10.5. The summed E-state index contributed by atoms with van der Waals surface area (Å²) in [5.41, 5.74) is 2.01. The number of likely N-dealkylation sites (tertiary alicyclic amines) is 1. The number of benzene rings is 2. The minimum atomic E-state index is -0.0158. The topological polar surface area (TPSA) is 60.0 Å². The SMILES string of the molecule is COc1cc(NC(=O)CCN2CCCC2CCc2ccccc2)cc(OC)c1OC. The van der Waals surface area contributed by atoms with Crippen LogP contribution >= 0.6 is 0 Å². The Morgan fingerprint density at radius 3 is 2.40 bits per heavy atom. The number of hydrogen-bond acceptors (Lipinski definition) is 5. The Balaban J connectivity index is 1.52. The van der Waals surface area contributed by atoms with Crippen molar-refractivity contribution < 1.29 is 19.0 Å². The van der Waals surface area contributed by atoms with E-state index >= 15 is 0 Å². The van der Waals surface area contributed by atoms with Crippen LogP contribution in [-0.4, -0.2) is 51.3 Å². The molecule has 0 aromatic heterocycles. The van der Waals surface area contributed by atoms with E-state index < -0.39 is 0 Å². The third kappa shape index (κ3) is 5.66. The van der Waals surface area contributed by atoms with Crippen LogP contribution in [0.15, 0.2) is 42.5 Å². The van der Waals surface area contributed by atoms with Gasteiger partial charge in [-0.2, -0.15) is 0 Å². The van der Waals surface area contributed by atoms with E-state index in [1.54, 1.807) is 33.5 Å². The first kappa shape index (κ1) is 22.0. The van der Waals surface area contributed by atoms with Gasteiger partial charge in [-0.05, 0) is 37.8 Å². The van der Waals surface area contributed by atoms with Crippen molar-refractivity contribution in [3.05, 3.63) is 48.0 Å². The van der Waals surface area contributed by atoms with Crippen molar-refractivity contribution in [2.75, 3.05) is 39.7 Å². The normalized spacial score (nSPS) is 16.3. The zero-order valence-corrected chi connectivity index (χ0v) is 18.1. The molecule has 30 heavy (non-hydrogen) atoms. The Labute approximate surface area is 179 Å². The number of aryl methyl sites for hydroxylation is 1. The van der Waals surface area contributed by atoms with Gasteiger partial charge in [-0.25, -0.2) is 0 Å². The van der Waals surface area contributed by atoms with E-state index in [1.165, 1.54) is 18.4 Å². The molecule has 1 amide bonds. The lowest BCUT2D eigenvalue weighted by Gasteiger charge is -2.24. The molecule has 1 fully saturated rings. The van der Waals surface area contributed by atoms with Crippen molar-refractivity contribution in [1.29, 1.82) is 0 Å². The number of carbonyl (C=O) groups excluding carboxylic acids is 1. The van der Waals surface area contributed by atoms with Crippen molar-refractivity contribution in [3.63, 3.8) is 0 Å². The smallest absolute Gasteiger partial charge is 0.225 e. The van der Waals surface area contributed by atoms with E-state index in [-0.39, 0.29) is 5.91 Å². The predicted molar refractivity (Wildman–Crippen MR) is 119 cm³/mol. The van der Waals surface area contributed by atoms with Gasteiger partial charge in [0.25, 0.3) is 0 Å². The first-order valence-electron chi connectivity index (χ1n) is 10.5. The summed E-state index contributed by atoms with van der Waals surface area (Å²) >= 11 is 0. The summed E-state index contributed by atoms with van der Waals surface area (Å²) in [7, 11) is 4.68. The molecule has 1 aliphatic heterocycles. The number of nitrogens with one attached hydrogen (secondary N) is 1. The molecule has 162 valence electrons. The maximum Gasteiger partial charge on any atom is 0.225 e. The third-order valence-corrected chi connectivity index (χ3v) is 5.68. The molecule has 2 aromatic carbocycles. The lowest BCUT2D eigenvalue weighted by molar-refractivity contribution is -0.116. The zero-order valence-electron chi connectivity index (χ0n) is 18.1. The van der Waals surface area contributed by atoms with Gasteiger partial charge in [-0.3, -0.25) is 9.69 Å². The molecule has 0 spiro atoms. The van der Waals surface area contributed by atoms with Crippen LogP contribution in [-0.2, 0) is 11.2 Å². The lowest BCUT2D eigenvalue weighted by atomic mass is 10.0. The third-order valence-electron chi connectivity index (χ3n) is 5.68. The number of hydrogen-bond donors (Lipinski definition) is 1. The molecular weight excluding hydrogens is 380 g/mol. The molecule has 6 nitrogen and oxygen atoms in total. The van der Waals surface area contributed by atoms with Gasteiger partial charge in [0.15, 0.2) is 11.5 Å². The summed E-state index contributed by atoms with van der Waals surface area (Å²) < 4.78 is 16.0. The number of methoxy groups -OCH3 is 3. The number of nitrogens with zero attached hydrogens (tertiary/aromatic N) is 1. The van der Waals surface area contributed by atoms with Crippen molar-refractivity contribution in [3.8, 4) is 17.2 Å². The van der Waals surface area contributed by atoms with Gasteiger partial charge < -0.3 is 19.5 Å². The molecule has 1 N–H and O–H groups in total. The van der Waals surface area contributed by atoms with Gasteiger partial charge in [0, 0.05) is 36.8 Å². The van der Waals surface area contributed by atoms with Gasteiger partial charge >= 0.3 is 0 Å². The van der Waals surface area contributed by atoms with Crippen LogP contribution in [0.1, 0.15) is 31.2 Å². The predicted octanol–water partition coefficient (Wildman–Crippen LogP) is 4.14. The molecule has 0 aliphatic carbocycles. The van der Waals surface area contributed by atoms with Gasteiger partial charge in [-0.15, -0.1) is 0 Å². The zero-order chi connectivity index (χ0) is 21.3. The van der Waals surface area contributed by atoms with Crippen molar-refractivity contribution >= 4 is 11.6 Å². The number of amides is 1. The molecular formula is C24H32N2O4. The van der Waals surface area contributed by atoms with Gasteiger partial charge in [0.05, 0.1) is 21.3 Å². The highest BCUT2D eigenvalue weighted by Gasteiger charge is 2.24. The average molecular weight is 413 g/mol. The monoisotopic (exact) mass is 412 g/mol. The molecule has 3 rings (SSSR count). The molecule has 6 heteroatoms. The maximum atomic E-state index is 12.6. The van der Waals surface area contributed by atoms with E-state index in [1.807, 2.05) is 0 Å². The number of rotatable bonds is 10. The van der Waals surface area contributed by atoms with Crippen LogP contribution in [0.2, 0.25) is 0 Å². The summed E-state index contributed by atoms with van der Waals surface area (Å²) in [6.07, 6.45) is 5.09. The highest BCUT2D eigenvalue weighted by atomic mass is 16.5. The fourth-order valence-corrected chi connectivity index (χ4v) is 4.12. The van der Waals surface area contributed by atoms with Crippen LogP contribution in [0.25, 0.3) is 0 Å². The Morgan fingerprint density at radius 1 is 1.07 bits per heavy atom. The number of carbonyl (C=O) groups is 1. The van der Waals surface area contributed by atoms with E-state index in [0.29, 0.717) is 35.4 Å². The Morgan fingerprint density at radius 2 is 1.77 bits per heavy atom. The van der Waals surface area contributed by atoms with Crippen molar-refractivity contribution in [2.45, 2.75) is 38.1 Å². The molecule has 2 aromatic rings. The van der Waals surface area contributed by atoms with Gasteiger partial charge in [-0.1, -0.05) is 30.3 Å². The Hall–Kier alpha value is -2.73. The van der Waals surface area contributed by atoms with Crippen molar-refractivity contribution in [1.82, 2.24) is 4.90 Å². The highest BCUT2D eigenvalue weighted by molar-refractivity contribution is 5.91. The fourth-order valence-electron chi connectivity index (χ4n) is 4.12. The standard InChI is InChI=1S/C24H32N2O4/c1-28-21-16-19(17-22(29-2)24(21)30-3)25-23(27)13-15-26-14-7-10-20(26)12-11-18-8-5-4-6-9-18/h4-6,8-9,16-17,20H,7,10-15H2,1-3H3,(H,25,27). The minimum absolute atomic E-state index is 0.0158. The van der Waals surface area contributed by atoms with E-state index in [9.17, 15) is 4.79 Å². The molecule has 0 radical (unpaired) electrons. The highest BCUT2D eigenvalue weighted by Crippen LogP contribution is 2.39. The maximum absolute atomic E-state index is 12.6. The number of anilines is 1. The van der Waals surface area contributed by atoms with Crippen LogP contribution in [0.3, 0.4) is 0 Å². The molecule has 1 atom stereocenters. The molecule has 1 saturated heterocycles. The summed E-state index contributed by atoms with van der Waals surface area (Å²) in [5, 5.41) is 2.96. The fraction of sp³-hybridized carbons (Fsp3) is 0.458. The molecule has 1 aliphatic rings. The summed E-state index contributed by atoms with van der Waals surface area (Å²) in [6.45, 7) is 1.84. The second kappa shape index (κ2) is 10.9. The second-order valence-corrected chi connectivity index (χ2v) is 7.57. The summed E-state index contributed by atoms with van der Waals surface area (Å²) in [6, 6.07) is 14.7. The quantitative estimate of drug-likeness (QED) is 0.636.